The van der Waals surface area contributed by atoms with Gasteiger partial charge < -0.3 is 4.74 Å². The largest absolute Gasteiger partial charge is 0.455 e. The Labute approximate surface area is 113 Å². The van der Waals surface area contributed by atoms with Crippen LogP contribution in [0.3, 0.4) is 0 Å². The van der Waals surface area contributed by atoms with Gasteiger partial charge in [0, 0.05) is 12.4 Å². The molecule has 0 aliphatic rings. The second-order valence-electron chi connectivity index (χ2n) is 3.89. The molecule has 4 nitrogen and oxygen atoms in total. The van der Waals surface area contributed by atoms with E-state index in [1.807, 2.05) is 24.3 Å². The van der Waals surface area contributed by atoms with Crippen molar-refractivity contribution < 1.29 is 9.53 Å². The number of aromatic nitrogens is 2. The van der Waals surface area contributed by atoms with Crippen molar-refractivity contribution in [2.75, 3.05) is 0 Å². The molecule has 0 saturated heterocycles. The highest BCUT2D eigenvalue weighted by Gasteiger charge is 2.09. The third-order valence-electron chi connectivity index (χ3n) is 2.58. The van der Waals surface area contributed by atoms with Crippen LogP contribution in [0.1, 0.15) is 15.4 Å². The number of hydrogen-bond acceptors (Lipinski definition) is 5. The molecule has 0 aliphatic heterocycles. The van der Waals surface area contributed by atoms with E-state index in [1.165, 1.54) is 11.3 Å². The average molecular weight is 270 g/mol. The van der Waals surface area contributed by atoms with Crippen molar-refractivity contribution in [1.29, 1.82) is 0 Å². The molecule has 0 bridgehead atoms. The van der Waals surface area contributed by atoms with E-state index in [9.17, 15) is 4.79 Å². The van der Waals surface area contributed by atoms with E-state index in [-0.39, 0.29) is 12.6 Å². The maximum atomic E-state index is 11.8. The van der Waals surface area contributed by atoms with E-state index in [0.29, 0.717) is 5.56 Å². The molecule has 0 radical (unpaired) electrons. The molecule has 2 heterocycles. The van der Waals surface area contributed by atoms with Crippen molar-refractivity contribution in [3.05, 3.63) is 59.4 Å². The number of esters is 1. The predicted octanol–water partition coefficient (Wildman–Crippen LogP) is 3.05. The number of rotatable bonds is 3. The quantitative estimate of drug-likeness (QED) is 0.686. The first-order chi connectivity index (χ1) is 9.33. The first kappa shape index (κ1) is 11.8. The number of nitrogens with zero attached hydrogens (tertiary/aromatic N) is 2. The number of thiazole rings is 1. The van der Waals surface area contributed by atoms with E-state index in [1.54, 1.807) is 24.5 Å². The summed E-state index contributed by atoms with van der Waals surface area (Å²) in [7, 11) is 0. The third kappa shape index (κ3) is 2.61. The van der Waals surface area contributed by atoms with Gasteiger partial charge in [0.2, 0.25) is 0 Å². The standard InChI is InChI=1S/C14H10N2O2S/c17-14(10-5-7-15-8-6-10)18-9-13-16-11-3-1-2-4-12(11)19-13/h1-8H,9H2. The fraction of sp³-hybridized carbons (Fsp3) is 0.0714. The molecule has 5 heteroatoms. The SMILES string of the molecule is O=C(OCc1nc2ccccc2s1)c1ccncc1. The summed E-state index contributed by atoms with van der Waals surface area (Å²) in [6.07, 6.45) is 3.13. The Morgan fingerprint density at radius 3 is 2.74 bits per heavy atom. The smallest absolute Gasteiger partial charge is 0.338 e. The lowest BCUT2D eigenvalue weighted by Crippen LogP contribution is -2.04. The molecule has 19 heavy (non-hydrogen) atoms. The van der Waals surface area contributed by atoms with Gasteiger partial charge in [-0.15, -0.1) is 11.3 Å². The fourth-order valence-corrected chi connectivity index (χ4v) is 2.56. The maximum absolute atomic E-state index is 11.8. The molecule has 0 N–H and O–H groups in total. The fourth-order valence-electron chi connectivity index (χ4n) is 1.68. The third-order valence-corrected chi connectivity index (χ3v) is 3.59. The monoisotopic (exact) mass is 270 g/mol. The van der Waals surface area contributed by atoms with Crippen molar-refractivity contribution in [1.82, 2.24) is 9.97 Å². The number of ether oxygens (including phenoxy) is 1. The van der Waals surface area contributed by atoms with E-state index < -0.39 is 0 Å². The van der Waals surface area contributed by atoms with Crippen LogP contribution in [0.25, 0.3) is 10.2 Å². The molecule has 94 valence electrons. The lowest BCUT2D eigenvalue weighted by atomic mass is 10.3. The van der Waals surface area contributed by atoms with Gasteiger partial charge in [-0.3, -0.25) is 4.98 Å². The summed E-state index contributed by atoms with van der Waals surface area (Å²) < 4.78 is 6.32. The predicted molar refractivity (Wildman–Crippen MR) is 73.0 cm³/mol. The molecule has 2 aromatic heterocycles. The van der Waals surface area contributed by atoms with Crippen LogP contribution in [0.5, 0.6) is 0 Å². The Morgan fingerprint density at radius 1 is 1.16 bits per heavy atom. The van der Waals surface area contributed by atoms with Crippen LogP contribution in [0.15, 0.2) is 48.8 Å². The zero-order valence-corrected chi connectivity index (χ0v) is 10.8. The van der Waals surface area contributed by atoms with E-state index >= 15 is 0 Å². The number of carbonyl (C=O) groups is 1. The van der Waals surface area contributed by atoms with Crippen LogP contribution in [0, 0.1) is 0 Å². The molecule has 0 fully saturated rings. The zero-order valence-electron chi connectivity index (χ0n) is 9.95. The van der Waals surface area contributed by atoms with Gasteiger partial charge in [-0.2, -0.15) is 0 Å². The second kappa shape index (κ2) is 5.16. The minimum atomic E-state index is -0.360. The van der Waals surface area contributed by atoms with Gasteiger partial charge in [0.15, 0.2) is 0 Å². The highest BCUT2D eigenvalue weighted by molar-refractivity contribution is 7.18. The maximum Gasteiger partial charge on any atom is 0.338 e. The molecule has 0 amide bonds. The highest BCUT2D eigenvalue weighted by Crippen LogP contribution is 2.22. The Bertz CT molecular complexity index is 677. The lowest BCUT2D eigenvalue weighted by molar-refractivity contribution is 0.0472. The van der Waals surface area contributed by atoms with Crippen molar-refractivity contribution in [2.24, 2.45) is 0 Å². The average Bonchev–Trinajstić information content (AvgIpc) is 2.88. The first-order valence-electron chi connectivity index (χ1n) is 5.74. The molecular weight excluding hydrogens is 260 g/mol. The molecular formula is C14H10N2O2S. The van der Waals surface area contributed by atoms with Crippen molar-refractivity contribution in [2.45, 2.75) is 6.61 Å². The van der Waals surface area contributed by atoms with Crippen LogP contribution >= 0.6 is 11.3 Å². The summed E-state index contributed by atoms with van der Waals surface area (Å²) in [4.78, 5) is 20.0. The highest BCUT2D eigenvalue weighted by atomic mass is 32.1. The van der Waals surface area contributed by atoms with Gasteiger partial charge in [-0.05, 0) is 24.3 Å². The Balaban J connectivity index is 1.71. The minimum absolute atomic E-state index is 0.195. The van der Waals surface area contributed by atoms with Crippen LogP contribution in [-0.2, 0) is 11.3 Å². The second-order valence-corrected chi connectivity index (χ2v) is 5.00. The number of benzene rings is 1. The Kier molecular flexibility index (Phi) is 3.20. The number of para-hydroxylation sites is 1. The Morgan fingerprint density at radius 2 is 1.95 bits per heavy atom. The number of fused-ring (bicyclic) bond motifs is 1. The molecule has 0 aliphatic carbocycles. The molecule has 0 spiro atoms. The van der Waals surface area contributed by atoms with Crippen LogP contribution in [-0.4, -0.2) is 15.9 Å². The molecule has 0 atom stereocenters. The van der Waals surface area contributed by atoms with E-state index in [2.05, 4.69) is 9.97 Å². The molecule has 0 unspecified atom stereocenters. The van der Waals surface area contributed by atoms with Gasteiger partial charge in [-0.1, -0.05) is 12.1 Å². The summed E-state index contributed by atoms with van der Waals surface area (Å²) in [5, 5.41) is 0.795. The summed E-state index contributed by atoms with van der Waals surface area (Å²) in [6.45, 7) is 0.195. The van der Waals surface area contributed by atoms with Gasteiger partial charge in [-0.25, -0.2) is 9.78 Å². The van der Waals surface area contributed by atoms with Crippen LogP contribution < -0.4 is 0 Å². The van der Waals surface area contributed by atoms with Crippen LogP contribution in [0.4, 0.5) is 0 Å². The van der Waals surface area contributed by atoms with Crippen molar-refractivity contribution in [3.63, 3.8) is 0 Å². The van der Waals surface area contributed by atoms with Gasteiger partial charge >= 0.3 is 5.97 Å². The topological polar surface area (TPSA) is 52.1 Å². The summed E-state index contributed by atoms with van der Waals surface area (Å²) in [5.41, 5.74) is 1.43. The van der Waals surface area contributed by atoms with Gasteiger partial charge in [0.25, 0.3) is 0 Å². The van der Waals surface area contributed by atoms with Crippen LogP contribution in [0.2, 0.25) is 0 Å². The number of pyridine rings is 1. The van der Waals surface area contributed by atoms with Gasteiger partial charge in [0.1, 0.15) is 11.6 Å². The molecule has 1 aromatic carbocycles. The summed E-state index contributed by atoms with van der Waals surface area (Å²) in [6, 6.07) is 11.1. The van der Waals surface area contributed by atoms with E-state index in [0.717, 1.165) is 15.2 Å². The molecule has 3 aromatic rings. The minimum Gasteiger partial charge on any atom is -0.455 e. The van der Waals surface area contributed by atoms with Gasteiger partial charge in [0.05, 0.1) is 15.8 Å². The summed E-state index contributed by atoms with van der Waals surface area (Å²) in [5.74, 6) is -0.360. The van der Waals surface area contributed by atoms with Crippen molar-refractivity contribution in [3.8, 4) is 0 Å². The normalized spacial score (nSPS) is 10.5. The first-order valence-corrected chi connectivity index (χ1v) is 6.56. The lowest BCUT2D eigenvalue weighted by Gasteiger charge is -2.01. The Hall–Kier alpha value is -2.27. The molecule has 3 rings (SSSR count). The molecule has 0 saturated carbocycles. The number of hydrogen-bond donors (Lipinski definition) is 0. The summed E-state index contributed by atoms with van der Waals surface area (Å²) >= 11 is 1.53. The van der Waals surface area contributed by atoms with E-state index in [4.69, 9.17) is 4.74 Å². The van der Waals surface area contributed by atoms with Crippen molar-refractivity contribution >= 4 is 27.5 Å². The zero-order chi connectivity index (χ0) is 13.1. The number of carbonyl (C=O) groups excluding carboxylic acids is 1.